The Morgan fingerprint density at radius 2 is 1.37 bits per heavy atom. The molecule has 0 aromatic heterocycles. The van der Waals surface area contributed by atoms with Crippen molar-refractivity contribution in [1.82, 2.24) is 0 Å². The van der Waals surface area contributed by atoms with Gasteiger partial charge in [-0.15, -0.1) is 0 Å². The normalized spacial score (nSPS) is 26.4. The van der Waals surface area contributed by atoms with Gasteiger partial charge in [0.1, 0.15) is 11.7 Å². The number of alkyl halides is 8. The highest BCUT2D eigenvalue weighted by molar-refractivity contribution is 5.76. The van der Waals surface area contributed by atoms with E-state index in [4.69, 9.17) is 4.74 Å². The molecule has 0 bridgehead atoms. The highest BCUT2D eigenvalue weighted by Crippen LogP contribution is 2.54. The Hall–Kier alpha value is -1.17. The first-order chi connectivity index (χ1) is 13.2. The van der Waals surface area contributed by atoms with Gasteiger partial charge in [0.2, 0.25) is 0 Å². The van der Waals surface area contributed by atoms with Crippen molar-refractivity contribution in [2.75, 3.05) is 0 Å². The van der Waals surface area contributed by atoms with Gasteiger partial charge in [-0.05, 0) is 52.4 Å². The predicted molar refractivity (Wildman–Crippen MR) is 88.5 cm³/mol. The zero-order chi connectivity index (χ0) is 23.9. The summed E-state index contributed by atoms with van der Waals surface area (Å²) in [7, 11) is 0. The van der Waals surface area contributed by atoms with Crippen LogP contribution in [0.1, 0.15) is 53.4 Å². The summed E-state index contributed by atoms with van der Waals surface area (Å²) < 4.78 is 111. The van der Waals surface area contributed by atoms with E-state index in [1.165, 1.54) is 13.8 Å². The van der Waals surface area contributed by atoms with Crippen molar-refractivity contribution in [3.05, 3.63) is 0 Å². The number of carbonyl (C=O) groups is 1. The van der Waals surface area contributed by atoms with Gasteiger partial charge in [0.15, 0.2) is 0 Å². The lowest BCUT2D eigenvalue weighted by Gasteiger charge is -2.47. The number of carbonyl (C=O) groups excluding carboxylic acids is 1. The molecule has 1 aliphatic carbocycles. The third-order valence-corrected chi connectivity index (χ3v) is 6.10. The van der Waals surface area contributed by atoms with E-state index in [1.54, 1.807) is 6.92 Å². The fourth-order valence-corrected chi connectivity index (χ4v) is 3.44. The molecule has 1 aliphatic rings. The smallest absolute Gasteiger partial charge is 0.426 e. The molecular formula is C18H26F8O4. The van der Waals surface area contributed by atoms with Gasteiger partial charge in [0.05, 0.1) is 5.41 Å². The summed E-state index contributed by atoms with van der Waals surface area (Å²) >= 11 is 0. The van der Waals surface area contributed by atoms with Gasteiger partial charge >= 0.3 is 18.3 Å². The molecule has 4 nitrogen and oxygen atoms in total. The van der Waals surface area contributed by atoms with Gasteiger partial charge in [0, 0.05) is 5.92 Å². The average molecular weight is 458 g/mol. The van der Waals surface area contributed by atoms with E-state index in [9.17, 15) is 50.1 Å². The molecule has 12 heteroatoms. The second-order valence-electron chi connectivity index (χ2n) is 8.65. The van der Waals surface area contributed by atoms with Crippen LogP contribution in [-0.4, -0.2) is 52.3 Å². The molecule has 30 heavy (non-hydrogen) atoms. The van der Waals surface area contributed by atoms with Crippen molar-refractivity contribution >= 4 is 5.97 Å². The van der Waals surface area contributed by atoms with Crippen molar-refractivity contribution < 1.29 is 54.9 Å². The SMILES string of the molecule is CCC(C)(C)C(=O)OC1CC(C(C)(O)C(F)F)CC(C(O)(C(F)(F)F)C(F)(F)F)C1. The van der Waals surface area contributed by atoms with E-state index in [1.807, 2.05) is 0 Å². The standard InChI is InChI=1S/C18H26F8O4/c1-5-14(2,3)13(27)30-11-7-9(15(4,28)12(19)20)6-10(8-11)16(29,17(21,22)23)18(24,25)26/h9-12,28-29H,5-8H2,1-4H3. The zero-order valence-corrected chi connectivity index (χ0v) is 16.9. The number of halogens is 8. The van der Waals surface area contributed by atoms with Gasteiger partial charge < -0.3 is 14.9 Å². The van der Waals surface area contributed by atoms with E-state index in [0.29, 0.717) is 6.92 Å². The Morgan fingerprint density at radius 1 is 0.933 bits per heavy atom. The van der Waals surface area contributed by atoms with Crippen LogP contribution in [0.3, 0.4) is 0 Å². The van der Waals surface area contributed by atoms with Crippen LogP contribution in [0.4, 0.5) is 35.1 Å². The van der Waals surface area contributed by atoms with Crippen LogP contribution in [0.25, 0.3) is 0 Å². The number of esters is 1. The van der Waals surface area contributed by atoms with Gasteiger partial charge in [-0.1, -0.05) is 6.92 Å². The van der Waals surface area contributed by atoms with Crippen molar-refractivity contribution in [2.24, 2.45) is 17.3 Å². The number of hydrogen-bond donors (Lipinski definition) is 2. The third-order valence-electron chi connectivity index (χ3n) is 6.10. The quantitative estimate of drug-likeness (QED) is 0.450. The summed E-state index contributed by atoms with van der Waals surface area (Å²) in [6.45, 7) is 5.05. The molecule has 0 aromatic carbocycles. The minimum Gasteiger partial charge on any atom is -0.462 e. The first-order valence-electron chi connectivity index (χ1n) is 9.29. The minimum atomic E-state index is -6.17. The van der Waals surface area contributed by atoms with E-state index < -0.39 is 78.6 Å². The Labute approximate surface area is 168 Å². The molecule has 0 aromatic rings. The summed E-state index contributed by atoms with van der Waals surface area (Å²) in [4.78, 5) is 12.3. The van der Waals surface area contributed by atoms with Crippen LogP contribution in [0.5, 0.6) is 0 Å². The van der Waals surface area contributed by atoms with Crippen LogP contribution in [-0.2, 0) is 9.53 Å². The molecule has 0 heterocycles. The maximum Gasteiger partial charge on any atom is 0.426 e. The Balaban J connectivity index is 3.40. The van der Waals surface area contributed by atoms with Crippen LogP contribution < -0.4 is 0 Å². The summed E-state index contributed by atoms with van der Waals surface area (Å²) in [5, 5.41) is 19.8. The number of rotatable bonds is 6. The van der Waals surface area contributed by atoms with Crippen molar-refractivity contribution in [1.29, 1.82) is 0 Å². The third kappa shape index (κ3) is 5.00. The van der Waals surface area contributed by atoms with E-state index in [2.05, 4.69) is 0 Å². The average Bonchev–Trinajstić information content (AvgIpc) is 2.58. The van der Waals surface area contributed by atoms with E-state index >= 15 is 0 Å². The van der Waals surface area contributed by atoms with Gasteiger partial charge in [-0.25, -0.2) is 8.78 Å². The summed E-state index contributed by atoms with van der Waals surface area (Å²) in [6, 6.07) is 0. The fraction of sp³-hybridized carbons (Fsp3) is 0.944. The second-order valence-corrected chi connectivity index (χ2v) is 8.65. The number of ether oxygens (including phenoxy) is 1. The lowest BCUT2D eigenvalue weighted by atomic mass is 9.66. The van der Waals surface area contributed by atoms with Gasteiger partial charge in [-0.2, -0.15) is 26.3 Å². The van der Waals surface area contributed by atoms with Gasteiger partial charge in [0.25, 0.3) is 12.0 Å². The number of aliphatic hydroxyl groups is 2. The Bertz CT molecular complexity index is 598. The summed E-state index contributed by atoms with van der Waals surface area (Å²) in [5.74, 6) is -5.40. The Morgan fingerprint density at radius 3 is 1.73 bits per heavy atom. The molecule has 2 N–H and O–H groups in total. The van der Waals surface area contributed by atoms with Crippen molar-refractivity contribution in [3.8, 4) is 0 Å². The largest absolute Gasteiger partial charge is 0.462 e. The first kappa shape index (κ1) is 26.9. The lowest BCUT2D eigenvalue weighted by molar-refractivity contribution is -0.390. The summed E-state index contributed by atoms with van der Waals surface area (Å²) in [5.41, 5.74) is -9.30. The molecule has 0 saturated heterocycles. The molecular weight excluding hydrogens is 432 g/mol. The highest BCUT2D eigenvalue weighted by Gasteiger charge is 2.74. The maximum absolute atomic E-state index is 13.3. The highest BCUT2D eigenvalue weighted by atomic mass is 19.4. The van der Waals surface area contributed by atoms with Gasteiger partial charge in [-0.3, -0.25) is 4.79 Å². The van der Waals surface area contributed by atoms with Crippen molar-refractivity contribution in [2.45, 2.75) is 89.5 Å². The zero-order valence-electron chi connectivity index (χ0n) is 16.9. The van der Waals surface area contributed by atoms with Crippen molar-refractivity contribution in [3.63, 3.8) is 0 Å². The summed E-state index contributed by atoms with van der Waals surface area (Å²) in [6.07, 6.45) is -20.1. The molecule has 1 saturated carbocycles. The topological polar surface area (TPSA) is 66.8 Å². The molecule has 4 unspecified atom stereocenters. The molecule has 0 spiro atoms. The monoisotopic (exact) mass is 458 g/mol. The molecule has 0 aliphatic heterocycles. The van der Waals surface area contributed by atoms with Crippen LogP contribution in [0.2, 0.25) is 0 Å². The molecule has 1 fully saturated rings. The lowest BCUT2D eigenvalue weighted by Crippen LogP contribution is -2.64. The van der Waals surface area contributed by atoms with E-state index in [0.717, 1.165) is 0 Å². The first-order valence-corrected chi connectivity index (χ1v) is 9.29. The molecule has 0 radical (unpaired) electrons. The minimum absolute atomic E-state index is 0.231. The second kappa shape index (κ2) is 8.40. The predicted octanol–water partition coefficient (Wildman–Crippen LogP) is 4.62. The van der Waals surface area contributed by atoms with Crippen LogP contribution in [0.15, 0.2) is 0 Å². The molecule has 178 valence electrons. The maximum atomic E-state index is 13.3. The number of hydrogen-bond acceptors (Lipinski definition) is 4. The molecule has 0 amide bonds. The van der Waals surface area contributed by atoms with E-state index in [-0.39, 0.29) is 6.42 Å². The molecule has 1 rings (SSSR count). The van der Waals surface area contributed by atoms with Crippen LogP contribution in [0, 0.1) is 17.3 Å². The Kier molecular flexibility index (Phi) is 7.52. The van der Waals surface area contributed by atoms with Crippen LogP contribution >= 0.6 is 0 Å². The fourth-order valence-electron chi connectivity index (χ4n) is 3.44. The molecule has 4 atom stereocenters.